The number of hydrogen-bond donors (Lipinski definition) is 3. The van der Waals surface area contributed by atoms with Crippen molar-refractivity contribution in [2.24, 2.45) is 0 Å². The lowest BCUT2D eigenvalue weighted by atomic mass is 10.1. The molecule has 0 radical (unpaired) electrons. The molecule has 1 amide bonds. The summed E-state index contributed by atoms with van der Waals surface area (Å²) in [5.41, 5.74) is 8.57. The minimum atomic E-state index is -0.240. The van der Waals surface area contributed by atoms with Crippen molar-refractivity contribution in [3.8, 4) is 5.75 Å². The van der Waals surface area contributed by atoms with Crippen molar-refractivity contribution in [2.45, 2.75) is 19.9 Å². The molecule has 0 bridgehead atoms. The molecule has 4 heteroatoms. The molecule has 0 aliphatic rings. The molecule has 0 aliphatic heterocycles. The Morgan fingerprint density at radius 3 is 2.60 bits per heavy atom. The lowest BCUT2D eigenvalue weighted by Gasteiger charge is -2.16. The molecule has 1 unspecified atom stereocenters. The smallest absolute Gasteiger partial charge is 0.251 e. The highest BCUT2D eigenvalue weighted by Crippen LogP contribution is 2.21. The Morgan fingerprint density at radius 1 is 1.25 bits per heavy atom. The summed E-state index contributed by atoms with van der Waals surface area (Å²) in [4.78, 5) is 12.1. The number of phenols is 1. The average Bonchev–Trinajstić information content (AvgIpc) is 2.42. The van der Waals surface area contributed by atoms with Crippen molar-refractivity contribution in [1.29, 1.82) is 0 Å². The van der Waals surface area contributed by atoms with Crippen molar-refractivity contribution >= 4 is 11.6 Å². The molecule has 2 aromatic carbocycles. The Hall–Kier alpha value is -2.49. The van der Waals surface area contributed by atoms with E-state index in [1.165, 1.54) is 6.07 Å². The lowest BCUT2D eigenvalue weighted by molar-refractivity contribution is 0.0939. The Kier molecular flexibility index (Phi) is 3.94. The highest BCUT2D eigenvalue weighted by atomic mass is 16.3. The monoisotopic (exact) mass is 270 g/mol. The Morgan fingerprint density at radius 2 is 1.95 bits per heavy atom. The van der Waals surface area contributed by atoms with Crippen LogP contribution in [0.2, 0.25) is 0 Å². The third-order valence-corrected chi connectivity index (χ3v) is 3.28. The zero-order valence-corrected chi connectivity index (χ0v) is 11.6. The van der Waals surface area contributed by atoms with Gasteiger partial charge in [-0.05, 0) is 43.2 Å². The topological polar surface area (TPSA) is 75.4 Å². The van der Waals surface area contributed by atoms with Gasteiger partial charge in [0.1, 0.15) is 5.75 Å². The fourth-order valence-electron chi connectivity index (χ4n) is 2.01. The van der Waals surface area contributed by atoms with Gasteiger partial charge in [-0.3, -0.25) is 4.79 Å². The number of anilines is 1. The molecule has 104 valence electrons. The number of nitrogens with two attached hydrogens (primary N) is 1. The Labute approximate surface area is 118 Å². The fourth-order valence-corrected chi connectivity index (χ4v) is 2.01. The van der Waals surface area contributed by atoms with Crippen LogP contribution in [-0.4, -0.2) is 11.0 Å². The molecule has 4 nitrogen and oxygen atoms in total. The summed E-state index contributed by atoms with van der Waals surface area (Å²) in [6.07, 6.45) is 0. The molecular formula is C16H18N2O2. The van der Waals surface area contributed by atoms with Crippen molar-refractivity contribution < 1.29 is 9.90 Å². The molecule has 0 spiro atoms. The van der Waals surface area contributed by atoms with Crippen molar-refractivity contribution in [3.63, 3.8) is 0 Å². The van der Waals surface area contributed by atoms with Crippen LogP contribution in [0, 0.1) is 6.92 Å². The SMILES string of the molecule is Cc1ccc(C(=O)NC(C)c2ccccc2N)cc1O. The summed E-state index contributed by atoms with van der Waals surface area (Å²) in [7, 11) is 0. The van der Waals surface area contributed by atoms with Crippen molar-refractivity contribution in [3.05, 3.63) is 59.2 Å². The molecule has 1 atom stereocenters. The van der Waals surface area contributed by atoms with E-state index in [-0.39, 0.29) is 17.7 Å². The van der Waals surface area contributed by atoms with Crippen molar-refractivity contribution in [1.82, 2.24) is 5.32 Å². The predicted octanol–water partition coefficient (Wildman–Crippen LogP) is 2.77. The maximum Gasteiger partial charge on any atom is 0.251 e. The predicted molar refractivity (Wildman–Crippen MR) is 79.6 cm³/mol. The molecule has 0 aliphatic carbocycles. The fraction of sp³-hybridized carbons (Fsp3) is 0.188. The third-order valence-electron chi connectivity index (χ3n) is 3.28. The number of para-hydroxylation sites is 1. The van der Waals surface area contributed by atoms with Crippen LogP contribution in [0.5, 0.6) is 5.75 Å². The molecule has 2 rings (SSSR count). The number of nitrogens with one attached hydrogen (secondary N) is 1. The molecule has 0 heterocycles. The summed E-state index contributed by atoms with van der Waals surface area (Å²) >= 11 is 0. The van der Waals surface area contributed by atoms with Crippen LogP contribution in [-0.2, 0) is 0 Å². The first-order valence-electron chi connectivity index (χ1n) is 6.44. The van der Waals surface area contributed by atoms with E-state index in [9.17, 15) is 9.90 Å². The lowest BCUT2D eigenvalue weighted by Crippen LogP contribution is -2.27. The first-order valence-corrected chi connectivity index (χ1v) is 6.44. The van der Waals surface area contributed by atoms with Gasteiger partial charge in [0.2, 0.25) is 0 Å². The van der Waals surface area contributed by atoms with Gasteiger partial charge in [-0.1, -0.05) is 24.3 Å². The summed E-state index contributed by atoms with van der Waals surface area (Å²) in [6.45, 7) is 3.65. The van der Waals surface area contributed by atoms with E-state index >= 15 is 0 Å². The van der Waals surface area contributed by atoms with Gasteiger partial charge in [-0.25, -0.2) is 0 Å². The van der Waals surface area contributed by atoms with Crippen LogP contribution in [0.3, 0.4) is 0 Å². The van der Waals surface area contributed by atoms with E-state index in [1.807, 2.05) is 25.1 Å². The van der Waals surface area contributed by atoms with Gasteiger partial charge in [0.15, 0.2) is 0 Å². The molecule has 20 heavy (non-hydrogen) atoms. The number of carbonyl (C=O) groups is 1. The van der Waals surface area contributed by atoms with Gasteiger partial charge in [0, 0.05) is 11.3 Å². The first-order chi connectivity index (χ1) is 9.49. The number of nitrogen functional groups attached to an aromatic ring is 1. The molecule has 0 saturated carbocycles. The Balaban J connectivity index is 2.15. The number of hydrogen-bond acceptors (Lipinski definition) is 3. The first kappa shape index (κ1) is 13.9. The van der Waals surface area contributed by atoms with E-state index in [1.54, 1.807) is 25.1 Å². The van der Waals surface area contributed by atoms with Gasteiger partial charge >= 0.3 is 0 Å². The summed E-state index contributed by atoms with van der Waals surface area (Å²) in [6, 6.07) is 12.1. The number of amides is 1. The second-order valence-electron chi connectivity index (χ2n) is 4.83. The van der Waals surface area contributed by atoms with Crippen LogP contribution in [0.1, 0.15) is 34.5 Å². The van der Waals surface area contributed by atoms with Gasteiger partial charge in [-0.15, -0.1) is 0 Å². The molecular weight excluding hydrogens is 252 g/mol. The van der Waals surface area contributed by atoms with Crippen molar-refractivity contribution in [2.75, 3.05) is 5.73 Å². The second kappa shape index (κ2) is 5.65. The van der Waals surface area contributed by atoms with Crippen LogP contribution in [0.15, 0.2) is 42.5 Å². The molecule has 0 fully saturated rings. The van der Waals surface area contributed by atoms with E-state index in [0.29, 0.717) is 11.3 Å². The number of benzene rings is 2. The zero-order valence-electron chi connectivity index (χ0n) is 11.6. The van der Waals surface area contributed by atoms with E-state index in [0.717, 1.165) is 11.1 Å². The van der Waals surface area contributed by atoms with Gasteiger partial charge < -0.3 is 16.2 Å². The average molecular weight is 270 g/mol. The van der Waals surface area contributed by atoms with E-state index in [2.05, 4.69) is 5.32 Å². The quantitative estimate of drug-likeness (QED) is 0.751. The third kappa shape index (κ3) is 2.91. The summed E-state index contributed by atoms with van der Waals surface area (Å²) in [5.74, 6) is -0.124. The van der Waals surface area contributed by atoms with Gasteiger partial charge in [-0.2, -0.15) is 0 Å². The van der Waals surface area contributed by atoms with Gasteiger partial charge in [0.25, 0.3) is 5.91 Å². The highest BCUT2D eigenvalue weighted by molar-refractivity contribution is 5.95. The number of phenolic OH excluding ortho intramolecular Hbond substituents is 1. The van der Waals surface area contributed by atoms with Crippen LogP contribution < -0.4 is 11.1 Å². The summed E-state index contributed by atoms with van der Waals surface area (Å²) in [5, 5.41) is 12.5. The van der Waals surface area contributed by atoms with Crippen LogP contribution >= 0.6 is 0 Å². The molecule has 0 aromatic heterocycles. The van der Waals surface area contributed by atoms with Crippen LogP contribution in [0.4, 0.5) is 5.69 Å². The number of aromatic hydroxyl groups is 1. The Bertz CT molecular complexity index is 638. The minimum Gasteiger partial charge on any atom is -0.508 e. The standard InChI is InChI=1S/C16H18N2O2/c1-10-7-8-12(9-15(10)19)16(20)18-11(2)13-5-3-4-6-14(13)17/h3-9,11,19H,17H2,1-2H3,(H,18,20). The molecule has 2 aromatic rings. The number of aryl methyl sites for hydroxylation is 1. The summed E-state index contributed by atoms with van der Waals surface area (Å²) < 4.78 is 0. The maximum atomic E-state index is 12.1. The normalized spacial score (nSPS) is 11.9. The number of rotatable bonds is 3. The largest absolute Gasteiger partial charge is 0.508 e. The second-order valence-corrected chi connectivity index (χ2v) is 4.83. The van der Waals surface area contributed by atoms with Crippen LogP contribution in [0.25, 0.3) is 0 Å². The van der Waals surface area contributed by atoms with Gasteiger partial charge in [0.05, 0.1) is 6.04 Å². The minimum absolute atomic E-state index is 0.115. The number of carbonyl (C=O) groups excluding carboxylic acids is 1. The van der Waals surface area contributed by atoms with E-state index < -0.39 is 0 Å². The highest BCUT2D eigenvalue weighted by Gasteiger charge is 2.14. The zero-order chi connectivity index (χ0) is 14.7. The van der Waals surface area contributed by atoms with E-state index in [4.69, 9.17) is 5.73 Å². The molecule has 4 N–H and O–H groups in total. The maximum absolute atomic E-state index is 12.1. The molecule has 0 saturated heterocycles.